The Bertz CT molecular complexity index is 162. The van der Waals surface area contributed by atoms with E-state index in [1.807, 2.05) is 0 Å². The van der Waals surface area contributed by atoms with Gasteiger partial charge in [0.1, 0.15) is 0 Å². The van der Waals surface area contributed by atoms with Crippen molar-refractivity contribution < 1.29 is 9.90 Å². The first-order valence-electron chi connectivity index (χ1n) is 6.01. The number of hydrogen-bond acceptors (Lipinski definition) is 1. The zero-order valence-corrected chi connectivity index (χ0v) is 9.00. The van der Waals surface area contributed by atoms with Crippen molar-refractivity contribution in [2.75, 3.05) is 0 Å². The van der Waals surface area contributed by atoms with Crippen LogP contribution < -0.4 is 0 Å². The molecule has 1 aliphatic rings. The summed E-state index contributed by atoms with van der Waals surface area (Å²) in [6.45, 7) is 0. The first-order valence-corrected chi connectivity index (χ1v) is 6.01. The second-order valence-electron chi connectivity index (χ2n) is 4.50. The molecule has 0 aromatic carbocycles. The molecule has 2 nitrogen and oxygen atoms in total. The molecule has 0 heterocycles. The van der Waals surface area contributed by atoms with Crippen molar-refractivity contribution in [2.24, 2.45) is 5.92 Å². The predicted molar refractivity (Wildman–Crippen MR) is 57.3 cm³/mol. The van der Waals surface area contributed by atoms with E-state index in [0.717, 1.165) is 18.8 Å². The van der Waals surface area contributed by atoms with Crippen LogP contribution in [0.1, 0.15) is 64.2 Å². The summed E-state index contributed by atoms with van der Waals surface area (Å²) in [6, 6.07) is 0. The van der Waals surface area contributed by atoms with Gasteiger partial charge in [-0.15, -0.1) is 0 Å². The highest BCUT2D eigenvalue weighted by Gasteiger charge is 2.15. The Morgan fingerprint density at radius 2 is 1.71 bits per heavy atom. The van der Waals surface area contributed by atoms with E-state index in [4.69, 9.17) is 5.11 Å². The maximum atomic E-state index is 10.2. The third kappa shape index (κ3) is 5.25. The van der Waals surface area contributed by atoms with Crippen molar-refractivity contribution in [3.63, 3.8) is 0 Å². The fraction of sp³-hybridized carbons (Fsp3) is 0.917. The standard InChI is InChI=1S/C12H22O2/c13-12(14)10-5-3-1-2-4-7-11-8-6-9-11/h11H,1-10H2,(H,13,14). The maximum Gasteiger partial charge on any atom is 0.303 e. The van der Waals surface area contributed by atoms with Crippen LogP contribution in [-0.2, 0) is 4.79 Å². The molecule has 82 valence electrons. The largest absolute Gasteiger partial charge is 0.481 e. The second kappa shape index (κ2) is 6.86. The molecule has 0 atom stereocenters. The van der Waals surface area contributed by atoms with Gasteiger partial charge in [-0.3, -0.25) is 4.79 Å². The summed E-state index contributed by atoms with van der Waals surface area (Å²) in [5.41, 5.74) is 0. The molecule has 0 unspecified atom stereocenters. The highest BCUT2D eigenvalue weighted by Crippen LogP contribution is 2.31. The van der Waals surface area contributed by atoms with E-state index < -0.39 is 5.97 Å². The number of rotatable bonds is 8. The molecule has 0 amide bonds. The Labute approximate surface area is 86.7 Å². The molecule has 0 bridgehead atoms. The van der Waals surface area contributed by atoms with E-state index in [-0.39, 0.29) is 0 Å². The van der Waals surface area contributed by atoms with Gasteiger partial charge >= 0.3 is 5.97 Å². The Hall–Kier alpha value is -0.530. The molecular weight excluding hydrogens is 176 g/mol. The van der Waals surface area contributed by atoms with E-state index in [2.05, 4.69) is 0 Å². The molecule has 0 aromatic rings. The molecule has 0 aromatic heterocycles. The molecule has 1 fully saturated rings. The van der Waals surface area contributed by atoms with Gasteiger partial charge in [0.05, 0.1) is 0 Å². The summed E-state index contributed by atoms with van der Waals surface area (Å²) in [5.74, 6) is 0.383. The van der Waals surface area contributed by atoms with Crippen LogP contribution in [0.2, 0.25) is 0 Å². The number of aliphatic carboxylic acids is 1. The van der Waals surface area contributed by atoms with Gasteiger partial charge in [-0.1, -0.05) is 51.4 Å². The van der Waals surface area contributed by atoms with Gasteiger partial charge < -0.3 is 5.11 Å². The van der Waals surface area contributed by atoms with Crippen molar-refractivity contribution in [3.8, 4) is 0 Å². The topological polar surface area (TPSA) is 37.3 Å². The molecule has 1 N–H and O–H groups in total. The van der Waals surface area contributed by atoms with E-state index in [1.54, 1.807) is 0 Å². The fourth-order valence-corrected chi connectivity index (χ4v) is 2.02. The minimum atomic E-state index is -0.653. The van der Waals surface area contributed by atoms with E-state index in [9.17, 15) is 4.79 Å². The lowest BCUT2D eigenvalue weighted by Crippen LogP contribution is -2.10. The van der Waals surface area contributed by atoms with Crippen LogP contribution in [0.15, 0.2) is 0 Å². The van der Waals surface area contributed by atoms with Crippen LogP contribution in [0.25, 0.3) is 0 Å². The SMILES string of the molecule is O=C(O)CCCCCCCC1CCC1. The summed E-state index contributed by atoms with van der Waals surface area (Å²) < 4.78 is 0. The van der Waals surface area contributed by atoms with Crippen molar-refractivity contribution in [3.05, 3.63) is 0 Å². The third-order valence-corrected chi connectivity index (χ3v) is 3.23. The van der Waals surface area contributed by atoms with Crippen LogP contribution in [0, 0.1) is 5.92 Å². The van der Waals surface area contributed by atoms with Gasteiger partial charge in [0.2, 0.25) is 0 Å². The number of carbonyl (C=O) groups is 1. The molecule has 1 rings (SSSR count). The summed E-state index contributed by atoms with van der Waals surface area (Å²) in [6.07, 6.45) is 12.0. The van der Waals surface area contributed by atoms with Gasteiger partial charge in [0.25, 0.3) is 0 Å². The summed E-state index contributed by atoms with van der Waals surface area (Å²) in [4.78, 5) is 10.2. The van der Waals surface area contributed by atoms with Gasteiger partial charge in [0.15, 0.2) is 0 Å². The van der Waals surface area contributed by atoms with E-state index >= 15 is 0 Å². The van der Waals surface area contributed by atoms with Gasteiger partial charge in [0, 0.05) is 6.42 Å². The zero-order chi connectivity index (χ0) is 10.2. The molecule has 1 saturated carbocycles. The predicted octanol–water partition coefficient (Wildman–Crippen LogP) is 3.60. The van der Waals surface area contributed by atoms with Gasteiger partial charge in [-0.2, -0.15) is 0 Å². The van der Waals surface area contributed by atoms with Crippen LogP contribution in [0.5, 0.6) is 0 Å². The smallest absolute Gasteiger partial charge is 0.303 e. The Kier molecular flexibility index (Phi) is 5.65. The highest BCUT2D eigenvalue weighted by atomic mass is 16.4. The van der Waals surface area contributed by atoms with Crippen molar-refractivity contribution >= 4 is 5.97 Å². The lowest BCUT2D eigenvalue weighted by atomic mass is 9.81. The minimum absolute atomic E-state index is 0.350. The number of unbranched alkanes of at least 4 members (excludes halogenated alkanes) is 4. The molecule has 2 heteroatoms. The fourth-order valence-electron chi connectivity index (χ4n) is 2.02. The van der Waals surface area contributed by atoms with Gasteiger partial charge in [-0.05, 0) is 12.3 Å². The van der Waals surface area contributed by atoms with Crippen LogP contribution in [0.3, 0.4) is 0 Å². The minimum Gasteiger partial charge on any atom is -0.481 e. The maximum absolute atomic E-state index is 10.2. The molecule has 14 heavy (non-hydrogen) atoms. The lowest BCUT2D eigenvalue weighted by molar-refractivity contribution is -0.137. The summed E-state index contributed by atoms with van der Waals surface area (Å²) >= 11 is 0. The average Bonchev–Trinajstić information content (AvgIpc) is 2.06. The van der Waals surface area contributed by atoms with Gasteiger partial charge in [-0.25, -0.2) is 0 Å². The average molecular weight is 198 g/mol. The van der Waals surface area contributed by atoms with Crippen LogP contribution in [-0.4, -0.2) is 11.1 Å². The van der Waals surface area contributed by atoms with E-state index in [0.29, 0.717) is 6.42 Å². The number of carboxylic acids is 1. The number of carboxylic acid groups (broad SMARTS) is 1. The zero-order valence-electron chi connectivity index (χ0n) is 9.00. The third-order valence-electron chi connectivity index (χ3n) is 3.23. The molecule has 0 spiro atoms. The highest BCUT2D eigenvalue weighted by molar-refractivity contribution is 5.66. The first-order chi connectivity index (χ1) is 6.79. The first kappa shape index (κ1) is 11.5. The Balaban J connectivity index is 1.73. The number of hydrogen-bond donors (Lipinski definition) is 1. The Morgan fingerprint density at radius 3 is 2.29 bits per heavy atom. The van der Waals surface area contributed by atoms with Crippen LogP contribution in [0.4, 0.5) is 0 Å². The van der Waals surface area contributed by atoms with E-state index in [1.165, 1.54) is 44.9 Å². The second-order valence-corrected chi connectivity index (χ2v) is 4.50. The molecular formula is C12H22O2. The molecule has 0 radical (unpaired) electrons. The monoisotopic (exact) mass is 198 g/mol. The molecule has 0 aliphatic heterocycles. The van der Waals surface area contributed by atoms with Crippen molar-refractivity contribution in [1.29, 1.82) is 0 Å². The summed E-state index contributed by atoms with van der Waals surface area (Å²) in [5, 5.41) is 8.43. The summed E-state index contributed by atoms with van der Waals surface area (Å²) in [7, 11) is 0. The van der Waals surface area contributed by atoms with Crippen molar-refractivity contribution in [2.45, 2.75) is 64.2 Å². The van der Waals surface area contributed by atoms with Crippen molar-refractivity contribution in [1.82, 2.24) is 0 Å². The quantitative estimate of drug-likeness (QED) is 0.605. The normalized spacial score (nSPS) is 16.6. The Morgan fingerprint density at radius 1 is 1.07 bits per heavy atom. The molecule has 0 saturated heterocycles. The lowest BCUT2D eigenvalue weighted by Gasteiger charge is -2.24. The molecule has 1 aliphatic carbocycles. The van der Waals surface area contributed by atoms with Crippen LogP contribution >= 0.6 is 0 Å².